The van der Waals surface area contributed by atoms with Crippen molar-refractivity contribution in [2.24, 2.45) is 5.92 Å². The normalized spacial score (nSPS) is 23.7. The van der Waals surface area contributed by atoms with E-state index in [0.29, 0.717) is 18.0 Å². The van der Waals surface area contributed by atoms with Crippen LogP contribution in [0.2, 0.25) is 0 Å². The van der Waals surface area contributed by atoms with Gasteiger partial charge in [-0.3, -0.25) is 4.79 Å². The van der Waals surface area contributed by atoms with E-state index < -0.39 is 28.5 Å². The van der Waals surface area contributed by atoms with E-state index in [0.717, 1.165) is 0 Å². The van der Waals surface area contributed by atoms with E-state index in [2.05, 4.69) is 37.3 Å². The molecule has 3 atom stereocenters. The smallest absolute Gasteiger partial charge is 0.346 e. The largest absolute Gasteiger partial charge is 0.724 e. The summed E-state index contributed by atoms with van der Waals surface area (Å²) in [6, 6.07) is -1.84. The highest BCUT2D eigenvalue weighted by Gasteiger charge is 2.55. The van der Waals surface area contributed by atoms with Crippen molar-refractivity contribution in [3.8, 4) is 0 Å². The molecule has 3 rings (SSSR count). The van der Waals surface area contributed by atoms with Crippen molar-refractivity contribution in [2.75, 3.05) is 39.3 Å². The van der Waals surface area contributed by atoms with Crippen molar-refractivity contribution < 1.29 is 31.3 Å². The zero-order valence-electron chi connectivity index (χ0n) is 22.0. The predicted octanol–water partition coefficient (Wildman–Crippen LogP) is 3.01. The van der Waals surface area contributed by atoms with Crippen molar-refractivity contribution in [1.82, 2.24) is 15.3 Å². The van der Waals surface area contributed by atoms with Gasteiger partial charge in [0, 0.05) is 19.0 Å². The summed E-state index contributed by atoms with van der Waals surface area (Å²) in [4.78, 5) is 24.7. The second-order valence-corrected chi connectivity index (χ2v) is 11.2. The molecule has 10 nitrogen and oxygen atoms in total. The molecule has 2 bridgehead atoms. The molecule has 3 heterocycles. The molecular formula is C24H46N4O6S. The minimum Gasteiger partial charge on any atom is -0.724 e. The molecule has 3 amide bonds. The Kier molecular flexibility index (Phi) is 11.7. The van der Waals surface area contributed by atoms with E-state index in [9.17, 15) is 22.6 Å². The van der Waals surface area contributed by atoms with Crippen LogP contribution in [-0.4, -0.2) is 90.7 Å². The molecule has 0 aromatic heterocycles. The van der Waals surface area contributed by atoms with Crippen LogP contribution in [0.1, 0.15) is 85.5 Å². The molecule has 0 spiro atoms. The first kappa shape index (κ1) is 29.8. The molecule has 3 fully saturated rings. The third-order valence-corrected chi connectivity index (χ3v) is 7.80. The second kappa shape index (κ2) is 13.8. The molecule has 1 N–H and O–H groups in total. The Hall–Kier alpha value is -1.43. The number of piperidine rings is 1. The third kappa shape index (κ3) is 8.30. The number of unbranched alkanes of at least 4 members (excludes halogenated alkanes) is 4. The highest BCUT2D eigenvalue weighted by atomic mass is 32.3. The molecule has 3 aliphatic heterocycles. The Morgan fingerprint density at radius 3 is 1.86 bits per heavy atom. The van der Waals surface area contributed by atoms with Gasteiger partial charge in [-0.2, -0.15) is 9.35 Å². The van der Waals surface area contributed by atoms with Crippen molar-refractivity contribution in [3.63, 3.8) is 0 Å². The van der Waals surface area contributed by atoms with Gasteiger partial charge in [0.2, 0.25) is 16.3 Å². The lowest BCUT2D eigenvalue weighted by molar-refractivity contribution is -0.929. The van der Waals surface area contributed by atoms with Gasteiger partial charge in [0.25, 0.3) is 0 Å². The summed E-state index contributed by atoms with van der Waals surface area (Å²) in [5.41, 5.74) is 0. The maximum atomic E-state index is 11.9. The first-order chi connectivity index (χ1) is 16.6. The fraction of sp³-hybridized carbons (Fsp3) is 0.917. The van der Waals surface area contributed by atoms with Gasteiger partial charge in [0.1, 0.15) is 6.04 Å². The first-order valence-electron chi connectivity index (χ1n) is 13.5. The minimum absolute atomic E-state index is 0.0665. The van der Waals surface area contributed by atoms with Crippen LogP contribution in [0.25, 0.3) is 0 Å². The Morgan fingerprint density at radius 2 is 1.43 bits per heavy atom. The van der Waals surface area contributed by atoms with Crippen molar-refractivity contribution in [3.05, 3.63) is 0 Å². The Morgan fingerprint density at radius 1 is 0.943 bits per heavy atom. The van der Waals surface area contributed by atoms with Crippen LogP contribution in [-0.2, 0) is 19.5 Å². The molecule has 0 radical (unpaired) electrons. The van der Waals surface area contributed by atoms with Crippen LogP contribution < -0.4 is 5.32 Å². The maximum absolute atomic E-state index is 11.9. The van der Waals surface area contributed by atoms with E-state index >= 15 is 0 Å². The standard InChI is InChI=1S/C16H36N.C8H11N3O6S/c1-5-9-13-17(14-10-6-2,15-11-7-3)16-12-8-4;12-7-6-4(2-9-7)1-5-3-10(6)8(13)11(5)17-18(14,15)16/h5-16H2,1-4H3;4-6H,1-3H2,(H,9,12)(H,14,15,16)/q+1;/p-1/t;4-,5+,6-/m.0/s1. The first-order valence-corrected chi connectivity index (χ1v) is 14.8. The van der Waals surface area contributed by atoms with Gasteiger partial charge < -0.3 is 19.3 Å². The topological polar surface area (TPSA) is 119 Å². The molecule has 35 heavy (non-hydrogen) atoms. The Bertz CT molecular complexity index is 755. The number of fused-ring (bicyclic) bond motifs is 4. The number of urea groups is 1. The lowest BCUT2D eigenvalue weighted by Gasteiger charge is -2.39. The summed E-state index contributed by atoms with van der Waals surface area (Å²) in [5.74, 6) is -0.318. The van der Waals surface area contributed by atoms with Gasteiger partial charge in [0.05, 0.1) is 32.2 Å². The molecule has 0 unspecified atom stereocenters. The molecule has 204 valence electrons. The monoisotopic (exact) mass is 518 g/mol. The van der Waals surface area contributed by atoms with Crippen LogP contribution in [0.15, 0.2) is 0 Å². The minimum atomic E-state index is -4.99. The summed E-state index contributed by atoms with van der Waals surface area (Å²) in [7, 11) is -4.99. The van der Waals surface area contributed by atoms with Crippen LogP contribution in [0, 0.1) is 5.92 Å². The number of nitrogens with zero attached hydrogens (tertiary/aromatic N) is 3. The van der Waals surface area contributed by atoms with Gasteiger partial charge >= 0.3 is 6.03 Å². The lowest BCUT2D eigenvalue weighted by Crippen LogP contribution is -2.50. The maximum Gasteiger partial charge on any atom is 0.346 e. The number of amides is 3. The van der Waals surface area contributed by atoms with Crippen LogP contribution in [0.5, 0.6) is 0 Å². The van der Waals surface area contributed by atoms with Crippen molar-refractivity contribution in [1.29, 1.82) is 0 Å². The number of nitrogens with one attached hydrogen (secondary N) is 1. The van der Waals surface area contributed by atoms with E-state index in [1.165, 1.54) is 86.9 Å². The van der Waals surface area contributed by atoms with Crippen molar-refractivity contribution >= 4 is 22.3 Å². The van der Waals surface area contributed by atoms with Gasteiger partial charge in [0.15, 0.2) is 0 Å². The van der Waals surface area contributed by atoms with Gasteiger partial charge in [-0.05, 0) is 32.1 Å². The molecule has 11 heteroatoms. The fourth-order valence-corrected chi connectivity index (χ4v) is 5.90. The van der Waals surface area contributed by atoms with E-state index in [-0.39, 0.29) is 18.4 Å². The van der Waals surface area contributed by atoms with Crippen LogP contribution in [0.4, 0.5) is 4.79 Å². The van der Waals surface area contributed by atoms with Gasteiger partial charge in [-0.15, -0.1) is 0 Å². The third-order valence-electron chi connectivity index (χ3n) is 7.45. The predicted molar refractivity (Wildman–Crippen MR) is 133 cm³/mol. The number of rotatable bonds is 14. The number of hydroxylamine groups is 2. The Labute approximate surface area is 211 Å². The molecule has 0 saturated carbocycles. The average Bonchev–Trinajstić information content (AvgIpc) is 3.31. The summed E-state index contributed by atoms with van der Waals surface area (Å²) in [5, 5.41) is 3.24. The van der Waals surface area contributed by atoms with Gasteiger partial charge in [-0.1, -0.05) is 53.4 Å². The van der Waals surface area contributed by atoms with Gasteiger partial charge in [-0.25, -0.2) is 13.2 Å². The second-order valence-electron chi connectivity index (χ2n) is 10.2. The summed E-state index contributed by atoms with van der Waals surface area (Å²) in [6.07, 6.45) is 11.5. The quantitative estimate of drug-likeness (QED) is 0.214. The number of carbonyl (C=O) groups excluding carboxylic acids is 2. The lowest BCUT2D eigenvalue weighted by atomic mass is 9.91. The van der Waals surface area contributed by atoms with Crippen molar-refractivity contribution in [2.45, 2.75) is 97.6 Å². The molecule has 0 aromatic rings. The Balaban J connectivity index is 0.000000248. The average molecular weight is 519 g/mol. The summed E-state index contributed by atoms with van der Waals surface area (Å²) in [6.45, 7) is 15.7. The van der Waals surface area contributed by atoms with E-state index in [4.69, 9.17) is 0 Å². The molecule has 3 aliphatic rings. The van der Waals surface area contributed by atoms with E-state index in [1.807, 2.05) is 0 Å². The van der Waals surface area contributed by atoms with E-state index in [1.54, 1.807) is 0 Å². The summed E-state index contributed by atoms with van der Waals surface area (Å²) < 4.78 is 37.3. The molecular weight excluding hydrogens is 472 g/mol. The molecule has 0 aromatic carbocycles. The number of hydrogen-bond donors (Lipinski definition) is 1. The zero-order valence-corrected chi connectivity index (χ0v) is 22.9. The van der Waals surface area contributed by atoms with Crippen LogP contribution >= 0.6 is 0 Å². The fourth-order valence-electron chi connectivity index (χ4n) is 5.52. The number of hydrogen-bond acceptors (Lipinski definition) is 6. The van der Waals surface area contributed by atoms with Crippen LogP contribution in [0.3, 0.4) is 0 Å². The number of quaternary nitrogens is 1. The highest BCUT2D eigenvalue weighted by molar-refractivity contribution is 7.80. The summed E-state index contributed by atoms with van der Waals surface area (Å²) >= 11 is 0. The SMILES string of the molecule is CCCC[N+](CCCC)(CCCC)CCCC.O=C1NC[C@@H]2C[C@@H]3CN(C(=O)N3OS(=O)(=O)[O-])[C@H]12. The zero-order chi connectivity index (χ0) is 26.1. The number of carbonyl (C=O) groups is 2. The molecule has 3 saturated heterocycles. The molecule has 0 aliphatic carbocycles. The highest BCUT2D eigenvalue weighted by Crippen LogP contribution is 2.36.